The molecule has 5 unspecified atom stereocenters. The summed E-state index contributed by atoms with van der Waals surface area (Å²) in [5.41, 5.74) is 8.40. The summed E-state index contributed by atoms with van der Waals surface area (Å²) in [7, 11) is 0. The third-order valence-electron chi connectivity index (χ3n) is 6.96. The molecule has 11 heteroatoms. The number of aromatic nitrogens is 1. The van der Waals surface area contributed by atoms with Crippen molar-refractivity contribution in [1.82, 2.24) is 20.9 Å². The van der Waals surface area contributed by atoms with Crippen molar-refractivity contribution in [3.63, 3.8) is 0 Å². The second kappa shape index (κ2) is 14.2. The van der Waals surface area contributed by atoms with Gasteiger partial charge in [-0.15, -0.1) is 0 Å². The van der Waals surface area contributed by atoms with Crippen LogP contribution in [0.4, 0.5) is 0 Å². The Morgan fingerprint density at radius 3 is 2.17 bits per heavy atom. The van der Waals surface area contributed by atoms with E-state index < -0.39 is 54.5 Å². The van der Waals surface area contributed by atoms with E-state index in [0.717, 1.165) is 22.0 Å². The van der Waals surface area contributed by atoms with Crippen molar-refractivity contribution >= 4 is 34.6 Å². The molecular formula is C29H37N5O6. The molecule has 1 aromatic heterocycles. The molecule has 0 aliphatic heterocycles. The number of rotatable bonds is 14. The summed E-state index contributed by atoms with van der Waals surface area (Å²) in [6.45, 7) is 2.84. The van der Waals surface area contributed by atoms with Crippen molar-refractivity contribution in [3.05, 3.63) is 71.9 Å². The maximum atomic E-state index is 13.3. The number of carbonyl (C=O) groups is 4. The molecule has 3 aromatic rings. The Kier molecular flexibility index (Phi) is 10.8. The summed E-state index contributed by atoms with van der Waals surface area (Å²) >= 11 is 0. The number of carbonyl (C=O) groups excluding carboxylic acids is 3. The third-order valence-corrected chi connectivity index (χ3v) is 6.96. The Bertz CT molecular complexity index is 1310. The van der Waals surface area contributed by atoms with Crippen LogP contribution in [0.25, 0.3) is 10.9 Å². The van der Waals surface area contributed by atoms with Crippen LogP contribution in [0.1, 0.15) is 31.4 Å². The van der Waals surface area contributed by atoms with Gasteiger partial charge in [0.1, 0.15) is 18.1 Å². The lowest BCUT2D eigenvalue weighted by molar-refractivity contribution is -0.142. The molecule has 5 atom stereocenters. The van der Waals surface area contributed by atoms with Crippen LogP contribution in [0, 0.1) is 5.92 Å². The van der Waals surface area contributed by atoms with E-state index in [1.54, 1.807) is 13.1 Å². The molecule has 0 radical (unpaired) electrons. The molecule has 8 N–H and O–H groups in total. The van der Waals surface area contributed by atoms with Crippen molar-refractivity contribution in [2.24, 2.45) is 11.7 Å². The third kappa shape index (κ3) is 7.90. The number of fused-ring (bicyclic) bond motifs is 1. The molecule has 214 valence electrons. The molecular weight excluding hydrogens is 514 g/mol. The zero-order chi connectivity index (χ0) is 29.2. The first-order valence-electron chi connectivity index (χ1n) is 13.2. The van der Waals surface area contributed by atoms with E-state index in [9.17, 15) is 29.4 Å². The fourth-order valence-corrected chi connectivity index (χ4v) is 4.37. The topological polar surface area (TPSA) is 187 Å². The van der Waals surface area contributed by atoms with Gasteiger partial charge < -0.3 is 36.9 Å². The summed E-state index contributed by atoms with van der Waals surface area (Å²) < 4.78 is 0. The average molecular weight is 552 g/mol. The predicted octanol–water partition coefficient (Wildman–Crippen LogP) is 0.858. The minimum Gasteiger partial charge on any atom is -0.480 e. The van der Waals surface area contributed by atoms with Crippen LogP contribution < -0.4 is 21.7 Å². The zero-order valence-electron chi connectivity index (χ0n) is 22.6. The van der Waals surface area contributed by atoms with E-state index in [1.807, 2.05) is 61.5 Å². The van der Waals surface area contributed by atoms with Gasteiger partial charge in [-0.05, 0) is 29.5 Å². The second-order valence-electron chi connectivity index (χ2n) is 9.87. The minimum absolute atomic E-state index is 0.0287. The van der Waals surface area contributed by atoms with Gasteiger partial charge in [0, 0.05) is 23.5 Å². The number of aliphatic carboxylic acids is 1. The first-order chi connectivity index (χ1) is 19.1. The normalized spacial score (nSPS) is 14.9. The van der Waals surface area contributed by atoms with E-state index in [-0.39, 0.29) is 18.8 Å². The molecule has 0 aliphatic carbocycles. The monoisotopic (exact) mass is 551 g/mol. The number of aliphatic hydroxyl groups excluding tert-OH is 1. The highest BCUT2D eigenvalue weighted by Gasteiger charge is 2.33. The Morgan fingerprint density at radius 2 is 1.52 bits per heavy atom. The molecule has 3 amide bonds. The fraction of sp³-hybridized carbons (Fsp3) is 0.379. The van der Waals surface area contributed by atoms with Gasteiger partial charge in [0.05, 0.1) is 12.6 Å². The van der Waals surface area contributed by atoms with Crippen LogP contribution in [0.3, 0.4) is 0 Å². The van der Waals surface area contributed by atoms with E-state index in [0.29, 0.717) is 6.42 Å². The van der Waals surface area contributed by atoms with Gasteiger partial charge in [0.25, 0.3) is 0 Å². The molecule has 0 spiro atoms. The summed E-state index contributed by atoms with van der Waals surface area (Å²) in [5.74, 6) is -3.69. The number of nitrogens with two attached hydrogens (primary N) is 1. The van der Waals surface area contributed by atoms with Crippen LogP contribution in [-0.4, -0.2) is 69.7 Å². The van der Waals surface area contributed by atoms with Crippen LogP contribution in [0.2, 0.25) is 0 Å². The highest BCUT2D eigenvalue weighted by Crippen LogP contribution is 2.19. The number of aromatic amines is 1. The van der Waals surface area contributed by atoms with Crippen LogP contribution in [0.5, 0.6) is 0 Å². The van der Waals surface area contributed by atoms with Crippen LogP contribution in [0.15, 0.2) is 60.8 Å². The number of carboxylic acid groups (broad SMARTS) is 1. The average Bonchev–Trinajstić information content (AvgIpc) is 3.36. The van der Waals surface area contributed by atoms with E-state index in [1.165, 1.54) is 0 Å². The van der Waals surface area contributed by atoms with Crippen molar-refractivity contribution in [3.8, 4) is 0 Å². The lowest BCUT2D eigenvalue weighted by Gasteiger charge is -2.27. The zero-order valence-corrected chi connectivity index (χ0v) is 22.6. The summed E-state index contributed by atoms with van der Waals surface area (Å²) in [5, 5.41) is 28.1. The Hall–Kier alpha value is -4.22. The molecule has 2 aromatic carbocycles. The number of hydrogen-bond donors (Lipinski definition) is 7. The molecule has 3 rings (SSSR count). The Morgan fingerprint density at radius 1 is 0.875 bits per heavy atom. The smallest absolute Gasteiger partial charge is 0.326 e. The predicted molar refractivity (Wildman–Crippen MR) is 150 cm³/mol. The lowest BCUT2D eigenvalue weighted by Crippen LogP contribution is -2.59. The molecule has 40 heavy (non-hydrogen) atoms. The fourth-order valence-electron chi connectivity index (χ4n) is 4.37. The summed E-state index contributed by atoms with van der Waals surface area (Å²) in [6, 6.07) is 11.9. The SMILES string of the molecule is CCC(C)C(NC(=O)C(CO)NC(=O)C(N)Cc1ccccc1)C(=O)NC(Cc1c[nH]c2ccccc12)C(=O)O. The van der Waals surface area contributed by atoms with Gasteiger partial charge >= 0.3 is 5.97 Å². The van der Waals surface area contributed by atoms with Crippen molar-refractivity contribution < 1.29 is 29.4 Å². The van der Waals surface area contributed by atoms with Gasteiger partial charge in [0.2, 0.25) is 17.7 Å². The van der Waals surface area contributed by atoms with Crippen molar-refractivity contribution in [1.29, 1.82) is 0 Å². The largest absolute Gasteiger partial charge is 0.480 e. The molecule has 0 fully saturated rings. The standard InChI is InChI=1S/C29H37N5O6/c1-3-17(2)25(28(38)32-23(29(39)40)14-19-15-31-22-12-8-7-11-20(19)22)34-27(37)24(16-35)33-26(36)21(30)13-18-9-5-4-6-10-18/h4-12,15,17,21,23-25,31,35H,3,13-14,16,30H2,1-2H3,(H,32,38)(H,33,36)(H,34,37)(H,39,40). The molecule has 0 saturated heterocycles. The number of nitrogens with one attached hydrogen (secondary N) is 4. The van der Waals surface area contributed by atoms with Crippen molar-refractivity contribution in [2.75, 3.05) is 6.61 Å². The number of para-hydroxylation sites is 1. The second-order valence-corrected chi connectivity index (χ2v) is 9.87. The number of amides is 3. The minimum atomic E-state index is -1.35. The van der Waals surface area contributed by atoms with Gasteiger partial charge in [-0.3, -0.25) is 14.4 Å². The molecule has 11 nitrogen and oxygen atoms in total. The lowest BCUT2D eigenvalue weighted by atomic mass is 9.97. The van der Waals surface area contributed by atoms with Gasteiger partial charge in [-0.25, -0.2) is 4.79 Å². The molecule has 1 heterocycles. The van der Waals surface area contributed by atoms with E-state index in [2.05, 4.69) is 20.9 Å². The van der Waals surface area contributed by atoms with Crippen molar-refractivity contribution in [2.45, 2.75) is 57.3 Å². The molecule has 0 aliphatic rings. The molecule has 0 saturated carbocycles. The number of H-pyrrole nitrogens is 1. The Balaban J connectivity index is 1.67. The number of carboxylic acids is 1. The quantitative estimate of drug-likeness (QED) is 0.155. The first-order valence-corrected chi connectivity index (χ1v) is 13.2. The highest BCUT2D eigenvalue weighted by molar-refractivity contribution is 5.94. The van der Waals surface area contributed by atoms with Gasteiger partial charge in [0.15, 0.2) is 0 Å². The maximum Gasteiger partial charge on any atom is 0.326 e. The van der Waals surface area contributed by atoms with Gasteiger partial charge in [-0.1, -0.05) is 68.8 Å². The van der Waals surface area contributed by atoms with Gasteiger partial charge in [-0.2, -0.15) is 0 Å². The number of hydrogen-bond acceptors (Lipinski definition) is 6. The van der Waals surface area contributed by atoms with E-state index >= 15 is 0 Å². The van der Waals surface area contributed by atoms with Crippen LogP contribution >= 0.6 is 0 Å². The van der Waals surface area contributed by atoms with E-state index in [4.69, 9.17) is 5.73 Å². The maximum absolute atomic E-state index is 13.3. The summed E-state index contributed by atoms with van der Waals surface area (Å²) in [4.78, 5) is 54.0. The summed E-state index contributed by atoms with van der Waals surface area (Å²) in [6.07, 6.45) is 2.46. The number of benzene rings is 2. The first kappa shape index (κ1) is 30.3. The number of aliphatic hydroxyl groups is 1. The highest BCUT2D eigenvalue weighted by atomic mass is 16.4. The Labute approximate surface area is 232 Å². The van der Waals surface area contributed by atoms with Crippen LogP contribution in [-0.2, 0) is 32.0 Å². The molecule has 0 bridgehead atoms.